The van der Waals surface area contributed by atoms with Gasteiger partial charge < -0.3 is 20.1 Å². The molecule has 0 radical (unpaired) electrons. The van der Waals surface area contributed by atoms with Crippen LogP contribution in [-0.2, 0) is 0 Å². The number of nitrogens with two attached hydrogens (primary N) is 1. The molecule has 0 bridgehead atoms. The van der Waals surface area contributed by atoms with Gasteiger partial charge in [0.2, 0.25) is 0 Å². The zero-order chi connectivity index (χ0) is 32.1. The van der Waals surface area contributed by atoms with Crippen LogP contribution in [0.4, 0.5) is 28.4 Å². The predicted molar refractivity (Wildman–Crippen MR) is 168 cm³/mol. The van der Waals surface area contributed by atoms with Crippen LogP contribution in [0.2, 0.25) is 5.02 Å². The Hall–Kier alpha value is -3.60. The fourth-order valence-corrected chi connectivity index (χ4v) is 9.50. The molecule has 240 valence electrons. The topological polar surface area (TPSA) is 101 Å². The van der Waals surface area contributed by atoms with Crippen LogP contribution < -0.4 is 20.1 Å². The number of thiophene rings is 1. The quantitative estimate of drug-likeness (QED) is 0.223. The number of ether oxygens (including phenoxy) is 2. The van der Waals surface area contributed by atoms with E-state index in [9.17, 15) is 18.4 Å². The van der Waals surface area contributed by atoms with Crippen molar-refractivity contribution in [3.63, 3.8) is 0 Å². The highest BCUT2D eigenvalue weighted by atomic mass is 35.5. The SMILES string of the molecule is C[C@H]1CN2CCC[C@@]2(COc2nc3c4c(c(Cl)c(-c5ccc(F)c6sc(N)c(C#N)c56)c(F)c4n2)OCC2CCC(C(F)F)N32)C1. The smallest absolute Gasteiger partial charge is 0.319 e. The van der Waals surface area contributed by atoms with Gasteiger partial charge in [0.05, 0.1) is 38.3 Å². The molecule has 4 aromatic rings. The number of rotatable bonds is 5. The minimum absolute atomic E-state index is 0.000699. The van der Waals surface area contributed by atoms with E-state index in [1.54, 1.807) is 0 Å². The van der Waals surface area contributed by atoms with Crippen molar-refractivity contribution in [3.05, 3.63) is 34.4 Å². The predicted octanol–water partition coefficient (Wildman–Crippen LogP) is 7.15. The Morgan fingerprint density at radius 3 is 2.87 bits per heavy atom. The molecule has 6 heterocycles. The summed E-state index contributed by atoms with van der Waals surface area (Å²) in [7, 11) is 0. The maximum atomic E-state index is 17.1. The Morgan fingerprint density at radius 1 is 1.26 bits per heavy atom. The highest BCUT2D eigenvalue weighted by molar-refractivity contribution is 7.23. The lowest BCUT2D eigenvalue weighted by molar-refractivity contribution is 0.107. The van der Waals surface area contributed by atoms with Gasteiger partial charge in [0, 0.05) is 17.5 Å². The molecule has 0 spiro atoms. The molecule has 2 aromatic heterocycles. The molecule has 0 aliphatic carbocycles. The number of nitrogens with zero attached hydrogens (tertiary/aromatic N) is 5. The van der Waals surface area contributed by atoms with Crippen molar-refractivity contribution in [3.8, 4) is 29.0 Å². The Balaban J connectivity index is 1.36. The lowest BCUT2D eigenvalue weighted by Crippen LogP contribution is -2.44. The summed E-state index contributed by atoms with van der Waals surface area (Å²) < 4.78 is 73.3. The minimum atomic E-state index is -2.69. The van der Waals surface area contributed by atoms with Crippen LogP contribution in [-0.4, -0.2) is 65.2 Å². The number of fused-ring (bicyclic) bond motifs is 4. The first-order valence-electron chi connectivity index (χ1n) is 15.3. The Bertz CT molecular complexity index is 1970. The fraction of sp³-hybridized carbons (Fsp3) is 0.469. The van der Waals surface area contributed by atoms with Crippen molar-refractivity contribution in [1.82, 2.24) is 14.9 Å². The number of hydrogen-bond acceptors (Lipinski definition) is 9. The molecule has 4 atom stereocenters. The van der Waals surface area contributed by atoms with E-state index < -0.39 is 30.1 Å². The molecular weight excluding hydrogens is 644 g/mol. The van der Waals surface area contributed by atoms with Crippen molar-refractivity contribution in [2.24, 2.45) is 5.92 Å². The lowest BCUT2D eigenvalue weighted by Gasteiger charge is -2.32. The van der Waals surface area contributed by atoms with Crippen molar-refractivity contribution >= 4 is 54.7 Å². The first kappa shape index (κ1) is 29.8. The van der Waals surface area contributed by atoms with Crippen molar-refractivity contribution in [1.29, 1.82) is 5.26 Å². The summed E-state index contributed by atoms with van der Waals surface area (Å²) in [5, 5.41) is 9.98. The standard InChI is InChI=1S/C32H29ClF4N6O2S/c1-14-9-32(7-2-8-42(32)11-14)13-45-31-40-25-22-26(44-12-15-3-6-19(28(36)37)43(15)30(22)41-31)23(33)21(24(25)35)16-4-5-18(34)27-20(16)17(10-38)29(39)46-27/h4-5,14-15,19,28H,2-3,6-9,11-13,39H2,1H3/t14-,15?,19?,32+/m1/s1. The molecule has 8 nitrogen and oxygen atoms in total. The Labute approximate surface area is 270 Å². The summed E-state index contributed by atoms with van der Waals surface area (Å²) in [6, 6.07) is 2.72. The van der Waals surface area contributed by atoms with E-state index in [0.29, 0.717) is 12.3 Å². The molecule has 14 heteroatoms. The third kappa shape index (κ3) is 4.26. The first-order valence-corrected chi connectivity index (χ1v) is 16.5. The molecule has 0 amide bonds. The van der Waals surface area contributed by atoms with Crippen LogP contribution in [0, 0.1) is 28.9 Å². The van der Waals surface area contributed by atoms with E-state index in [1.807, 2.05) is 6.07 Å². The first-order chi connectivity index (χ1) is 22.1. The molecule has 8 rings (SSSR count). The normalized spacial score (nSPS) is 25.6. The minimum Gasteiger partial charge on any atom is -0.489 e. The third-order valence-corrected chi connectivity index (χ3v) is 11.5. The van der Waals surface area contributed by atoms with Crippen LogP contribution in [0.5, 0.6) is 11.8 Å². The summed E-state index contributed by atoms with van der Waals surface area (Å²) in [6.07, 6.45) is 0.840. The van der Waals surface area contributed by atoms with Gasteiger partial charge in [-0.2, -0.15) is 15.2 Å². The molecule has 3 fully saturated rings. The van der Waals surface area contributed by atoms with Crippen molar-refractivity contribution < 1.29 is 27.0 Å². The number of nitriles is 1. The number of anilines is 2. The van der Waals surface area contributed by atoms with Crippen LogP contribution in [0.15, 0.2) is 12.1 Å². The maximum absolute atomic E-state index is 17.1. The molecule has 46 heavy (non-hydrogen) atoms. The number of aromatic nitrogens is 2. The van der Waals surface area contributed by atoms with Gasteiger partial charge in [0.25, 0.3) is 6.43 Å². The molecule has 2 N–H and O–H groups in total. The summed E-state index contributed by atoms with van der Waals surface area (Å²) in [5.74, 6) is -0.925. The van der Waals surface area contributed by atoms with Gasteiger partial charge in [-0.1, -0.05) is 24.6 Å². The molecule has 4 aliphatic heterocycles. The molecule has 2 unspecified atom stereocenters. The molecule has 3 saturated heterocycles. The van der Waals surface area contributed by atoms with Gasteiger partial charge in [-0.3, -0.25) is 4.90 Å². The van der Waals surface area contributed by atoms with E-state index >= 15 is 4.39 Å². The monoisotopic (exact) mass is 672 g/mol. The van der Waals surface area contributed by atoms with Gasteiger partial charge in [0.15, 0.2) is 11.6 Å². The second-order valence-electron chi connectivity index (χ2n) is 12.9. The highest BCUT2D eigenvalue weighted by Crippen LogP contribution is 2.52. The van der Waals surface area contributed by atoms with Gasteiger partial charge in [-0.15, -0.1) is 11.3 Å². The lowest BCUT2D eigenvalue weighted by atomic mass is 9.92. The average Bonchev–Trinajstić information content (AvgIpc) is 3.75. The zero-order valence-electron chi connectivity index (χ0n) is 24.8. The fourth-order valence-electron chi connectivity index (χ4n) is 8.22. The summed E-state index contributed by atoms with van der Waals surface area (Å²) in [4.78, 5) is 13.1. The largest absolute Gasteiger partial charge is 0.489 e. The maximum Gasteiger partial charge on any atom is 0.319 e. The number of halogens is 5. The average molecular weight is 673 g/mol. The Morgan fingerprint density at radius 2 is 2.09 bits per heavy atom. The zero-order valence-corrected chi connectivity index (χ0v) is 26.3. The number of nitrogen functional groups attached to an aromatic ring is 1. The molecule has 2 aromatic carbocycles. The summed E-state index contributed by atoms with van der Waals surface area (Å²) in [5.41, 5.74) is 5.59. The second kappa shape index (κ2) is 10.7. The van der Waals surface area contributed by atoms with Crippen LogP contribution in [0.25, 0.3) is 32.1 Å². The molecule has 0 saturated carbocycles. The van der Waals surface area contributed by atoms with Crippen LogP contribution in [0.3, 0.4) is 0 Å². The van der Waals surface area contributed by atoms with Gasteiger partial charge in [0.1, 0.15) is 41.4 Å². The number of benzene rings is 2. The van der Waals surface area contributed by atoms with E-state index in [0.717, 1.165) is 49.8 Å². The van der Waals surface area contributed by atoms with Crippen LogP contribution >= 0.6 is 22.9 Å². The van der Waals surface area contributed by atoms with Gasteiger partial charge in [-0.05, 0) is 56.2 Å². The summed E-state index contributed by atoms with van der Waals surface area (Å²) in [6.45, 7) is 4.39. The second-order valence-corrected chi connectivity index (χ2v) is 14.3. The number of alkyl halides is 2. The highest BCUT2D eigenvalue weighted by Gasteiger charge is 2.48. The van der Waals surface area contributed by atoms with E-state index in [4.69, 9.17) is 26.8 Å². The Kier molecular flexibility index (Phi) is 6.94. The van der Waals surface area contributed by atoms with Gasteiger partial charge >= 0.3 is 6.01 Å². The van der Waals surface area contributed by atoms with Gasteiger partial charge in [-0.25, -0.2) is 17.6 Å². The summed E-state index contributed by atoms with van der Waals surface area (Å²) >= 11 is 7.82. The van der Waals surface area contributed by atoms with Crippen molar-refractivity contribution in [2.75, 3.05) is 36.9 Å². The van der Waals surface area contributed by atoms with Crippen LogP contribution in [0.1, 0.15) is 44.6 Å². The van der Waals surface area contributed by atoms with Crippen molar-refractivity contribution in [2.45, 2.75) is 63.1 Å². The van der Waals surface area contributed by atoms with E-state index in [-0.39, 0.29) is 90.5 Å². The molecule has 4 aliphatic rings. The third-order valence-electron chi connectivity index (χ3n) is 10.1. The van der Waals surface area contributed by atoms with E-state index in [1.165, 1.54) is 11.0 Å². The number of hydrogen-bond donors (Lipinski definition) is 1. The van der Waals surface area contributed by atoms with E-state index in [2.05, 4.69) is 21.8 Å². The molecular formula is C32H29ClF4N6O2S.